The molecule has 2 aromatic rings. The van der Waals surface area contributed by atoms with Crippen molar-refractivity contribution in [2.75, 3.05) is 20.7 Å². The third kappa shape index (κ3) is 4.70. The van der Waals surface area contributed by atoms with Crippen LogP contribution in [0.15, 0.2) is 36.4 Å². The average Bonchev–Trinajstić information content (AvgIpc) is 2.65. The van der Waals surface area contributed by atoms with E-state index in [4.69, 9.17) is 16.3 Å². The van der Waals surface area contributed by atoms with Crippen molar-refractivity contribution in [1.82, 2.24) is 4.90 Å². The first-order valence-corrected chi connectivity index (χ1v) is 9.76. The minimum atomic E-state index is -0.634. The fourth-order valence-electron chi connectivity index (χ4n) is 4.09. The van der Waals surface area contributed by atoms with Gasteiger partial charge in [-0.3, -0.25) is 9.69 Å². The van der Waals surface area contributed by atoms with Crippen molar-refractivity contribution in [1.29, 1.82) is 0 Å². The van der Waals surface area contributed by atoms with Crippen LogP contribution in [0.5, 0.6) is 5.75 Å². The van der Waals surface area contributed by atoms with Crippen molar-refractivity contribution in [2.24, 2.45) is 5.92 Å². The minimum Gasteiger partial charge on any atom is -0.497 e. The third-order valence-corrected chi connectivity index (χ3v) is 5.65. The van der Waals surface area contributed by atoms with Crippen molar-refractivity contribution in [3.8, 4) is 5.75 Å². The number of methoxy groups -OCH3 is 1. The minimum absolute atomic E-state index is 0.0206. The quantitative estimate of drug-likeness (QED) is 0.658. The number of hydrogen-bond acceptors (Lipinski definition) is 3. The van der Waals surface area contributed by atoms with Gasteiger partial charge in [-0.25, -0.2) is 8.78 Å². The maximum absolute atomic E-state index is 14.7. The second kappa shape index (κ2) is 9.01. The monoisotopic (exact) mass is 407 g/mol. The van der Waals surface area contributed by atoms with Gasteiger partial charge >= 0.3 is 0 Å². The fraction of sp³-hybridized carbons (Fsp3) is 0.409. The molecule has 3 rings (SSSR count). The second-order valence-corrected chi connectivity index (χ2v) is 7.81. The molecule has 0 aromatic heterocycles. The Labute approximate surface area is 169 Å². The van der Waals surface area contributed by atoms with Gasteiger partial charge in [0.2, 0.25) is 0 Å². The van der Waals surface area contributed by atoms with Crippen LogP contribution < -0.4 is 4.74 Å². The molecule has 6 heteroatoms. The Bertz CT molecular complexity index is 818. The van der Waals surface area contributed by atoms with E-state index in [-0.39, 0.29) is 35.9 Å². The first-order valence-electron chi connectivity index (χ1n) is 9.38. The Balaban J connectivity index is 1.81. The Kier molecular flexibility index (Phi) is 6.68. The lowest BCUT2D eigenvalue weighted by Crippen LogP contribution is -2.38. The Morgan fingerprint density at radius 1 is 1.21 bits per heavy atom. The number of rotatable bonds is 6. The predicted octanol–water partition coefficient (Wildman–Crippen LogP) is 5.21. The third-order valence-electron chi connectivity index (χ3n) is 5.40. The molecule has 2 unspecified atom stereocenters. The summed E-state index contributed by atoms with van der Waals surface area (Å²) in [6.07, 6.45) is 2.22. The van der Waals surface area contributed by atoms with Gasteiger partial charge in [-0.2, -0.15) is 0 Å². The summed E-state index contributed by atoms with van der Waals surface area (Å²) in [5.41, 5.74) is 0.907. The number of hydrogen-bond donors (Lipinski definition) is 0. The first-order chi connectivity index (χ1) is 13.4. The van der Waals surface area contributed by atoms with Crippen molar-refractivity contribution < 1.29 is 18.3 Å². The van der Waals surface area contributed by atoms with E-state index in [1.54, 1.807) is 12.1 Å². The molecule has 0 aliphatic carbocycles. The van der Waals surface area contributed by atoms with Gasteiger partial charge < -0.3 is 4.74 Å². The summed E-state index contributed by atoms with van der Waals surface area (Å²) in [6.45, 7) is 0.734. The van der Waals surface area contributed by atoms with Gasteiger partial charge in [0.1, 0.15) is 23.2 Å². The van der Waals surface area contributed by atoms with Crippen LogP contribution in [0.3, 0.4) is 0 Å². The molecule has 0 spiro atoms. The van der Waals surface area contributed by atoms with Gasteiger partial charge in [-0.1, -0.05) is 23.7 Å². The van der Waals surface area contributed by atoms with E-state index in [0.717, 1.165) is 24.9 Å². The summed E-state index contributed by atoms with van der Waals surface area (Å²) in [5.74, 6) is -1.21. The smallest absolute Gasteiger partial charge is 0.137 e. The van der Waals surface area contributed by atoms with E-state index in [9.17, 15) is 13.6 Å². The molecule has 1 aliphatic heterocycles. The summed E-state index contributed by atoms with van der Waals surface area (Å²) >= 11 is 5.89. The van der Waals surface area contributed by atoms with Crippen LogP contribution in [0.1, 0.15) is 36.4 Å². The molecule has 0 saturated carbocycles. The molecule has 0 amide bonds. The highest BCUT2D eigenvalue weighted by Gasteiger charge is 2.35. The van der Waals surface area contributed by atoms with Crippen LogP contribution in [0, 0.1) is 17.6 Å². The van der Waals surface area contributed by atoms with Gasteiger partial charge in [0, 0.05) is 41.6 Å². The Hall–Kier alpha value is -1.98. The highest BCUT2D eigenvalue weighted by atomic mass is 35.5. The molecule has 1 aliphatic rings. The van der Waals surface area contributed by atoms with Crippen LogP contribution in [0.25, 0.3) is 0 Å². The van der Waals surface area contributed by atoms with Crippen molar-refractivity contribution in [3.63, 3.8) is 0 Å². The van der Waals surface area contributed by atoms with E-state index >= 15 is 0 Å². The van der Waals surface area contributed by atoms with Crippen LogP contribution in [-0.2, 0) is 11.2 Å². The molecule has 2 aromatic carbocycles. The summed E-state index contributed by atoms with van der Waals surface area (Å²) in [5, 5.41) is 0.621. The van der Waals surface area contributed by atoms with Crippen molar-refractivity contribution >= 4 is 17.4 Å². The summed E-state index contributed by atoms with van der Waals surface area (Å²) in [7, 11) is 3.22. The number of likely N-dealkylation sites (tertiary alicyclic amines) is 1. The van der Waals surface area contributed by atoms with E-state index in [2.05, 4.69) is 0 Å². The highest BCUT2D eigenvalue weighted by molar-refractivity contribution is 6.30. The summed E-state index contributed by atoms with van der Waals surface area (Å²) < 4.78 is 34.4. The Morgan fingerprint density at radius 3 is 2.46 bits per heavy atom. The zero-order valence-electron chi connectivity index (χ0n) is 16.1. The van der Waals surface area contributed by atoms with Crippen molar-refractivity contribution in [2.45, 2.75) is 31.7 Å². The number of carbonyl (C=O) groups is 1. The molecule has 2 atom stereocenters. The lowest BCUT2D eigenvalue weighted by molar-refractivity contribution is -0.120. The lowest BCUT2D eigenvalue weighted by Gasteiger charge is -2.39. The second-order valence-electron chi connectivity index (χ2n) is 7.38. The van der Waals surface area contributed by atoms with E-state index in [0.29, 0.717) is 5.02 Å². The molecule has 1 saturated heterocycles. The highest BCUT2D eigenvalue weighted by Crippen LogP contribution is 2.40. The zero-order chi connectivity index (χ0) is 20.3. The zero-order valence-corrected chi connectivity index (χ0v) is 16.8. The predicted molar refractivity (Wildman–Crippen MR) is 106 cm³/mol. The number of halogens is 3. The standard InChI is InChI=1S/C22H24ClF2NO2/c1-26-9-3-4-15(11-17(27)10-14-5-7-16(23)8-6-14)22(26)21-19(24)12-18(28-2)13-20(21)25/h5-8,12-13,15,22H,3-4,9-11H2,1-2H3. The lowest BCUT2D eigenvalue weighted by atomic mass is 9.80. The van der Waals surface area contributed by atoms with Gasteiger partial charge in [0.15, 0.2) is 0 Å². The van der Waals surface area contributed by atoms with Gasteiger partial charge in [-0.15, -0.1) is 0 Å². The van der Waals surface area contributed by atoms with Crippen LogP contribution in [-0.4, -0.2) is 31.4 Å². The number of Topliss-reactive ketones (excluding diaryl/α,β-unsaturated/α-hetero) is 1. The SMILES string of the molecule is COc1cc(F)c(C2C(CC(=O)Cc3ccc(Cl)cc3)CCCN2C)c(F)c1. The van der Waals surface area contributed by atoms with E-state index in [1.165, 1.54) is 19.2 Å². The van der Waals surface area contributed by atoms with Gasteiger partial charge in [0.05, 0.1) is 7.11 Å². The first kappa shape index (κ1) is 20.7. The summed E-state index contributed by atoms with van der Waals surface area (Å²) in [6, 6.07) is 9.09. The molecule has 1 heterocycles. The molecule has 3 nitrogen and oxygen atoms in total. The topological polar surface area (TPSA) is 29.5 Å². The molecule has 0 radical (unpaired) electrons. The van der Waals surface area contributed by atoms with Crippen LogP contribution in [0.4, 0.5) is 8.78 Å². The normalized spacial score (nSPS) is 20.2. The van der Waals surface area contributed by atoms with E-state index < -0.39 is 17.7 Å². The molecule has 0 N–H and O–H groups in total. The Morgan fingerprint density at radius 2 is 1.86 bits per heavy atom. The number of nitrogens with zero attached hydrogens (tertiary/aromatic N) is 1. The maximum Gasteiger partial charge on any atom is 0.137 e. The van der Waals surface area contributed by atoms with Crippen LogP contribution >= 0.6 is 11.6 Å². The molecule has 150 valence electrons. The summed E-state index contributed by atoms with van der Waals surface area (Å²) in [4.78, 5) is 14.6. The molecular weight excluding hydrogens is 384 g/mol. The van der Waals surface area contributed by atoms with Crippen LogP contribution in [0.2, 0.25) is 5.02 Å². The van der Waals surface area contributed by atoms with Gasteiger partial charge in [-0.05, 0) is 50.0 Å². The molecule has 1 fully saturated rings. The number of carbonyl (C=O) groups excluding carboxylic acids is 1. The largest absolute Gasteiger partial charge is 0.497 e. The molecule has 0 bridgehead atoms. The average molecular weight is 408 g/mol. The molecule has 28 heavy (non-hydrogen) atoms. The van der Waals surface area contributed by atoms with Crippen molar-refractivity contribution in [3.05, 3.63) is 64.2 Å². The number of benzene rings is 2. The number of piperidine rings is 1. The van der Waals surface area contributed by atoms with Gasteiger partial charge in [0.25, 0.3) is 0 Å². The van der Waals surface area contributed by atoms with E-state index in [1.807, 2.05) is 24.1 Å². The maximum atomic E-state index is 14.7. The number of ether oxygens (including phenoxy) is 1. The molecular formula is C22H24ClF2NO2. The fourth-order valence-corrected chi connectivity index (χ4v) is 4.21. The number of ketones is 1.